The lowest BCUT2D eigenvalue weighted by atomic mass is 10.0. The summed E-state index contributed by atoms with van der Waals surface area (Å²) in [6.07, 6.45) is -3.19. The Balaban J connectivity index is 2.38. The van der Waals surface area contributed by atoms with E-state index >= 15 is 0 Å². The Kier molecular flexibility index (Phi) is 4.87. The van der Waals surface area contributed by atoms with E-state index in [9.17, 15) is 18.0 Å². The molecule has 1 heterocycles. The molecule has 1 N–H and O–H groups in total. The highest BCUT2D eigenvalue weighted by atomic mass is 35.5. The third-order valence-electron chi connectivity index (χ3n) is 2.73. The van der Waals surface area contributed by atoms with Crippen molar-refractivity contribution in [3.8, 4) is 5.88 Å². The normalized spacial score (nSPS) is 11.3. The van der Waals surface area contributed by atoms with Crippen LogP contribution in [0, 0.1) is 0 Å². The molecule has 2 aromatic rings. The number of hydrogen-bond donors (Lipinski definition) is 2. The van der Waals surface area contributed by atoms with Gasteiger partial charge in [0.2, 0.25) is 5.88 Å². The third kappa shape index (κ3) is 3.66. The van der Waals surface area contributed by atoms with Crippen molar-refractivity contribution in [2.24, 2.45) is 0 Å². The number of benzene rings is 1. The van der Waals surface area contributed by atoms with Crippen molar-refractivity contribution < 1.29 is 22.7 Å². The summed E-state index contributed by atoms with van der Waals surface area (Å²) in [5.74, 6) is -0.782. The maximum absolute atomic E-state index is 13.1. The van der Waals surface area contributed by atoms with E-state index in [0.717, 1.165) is 16.2 Å². The first-order chi connectivity index (χ1) is 10.3. The Morgan fingerprint density at radius 2 is 2.14 bits per heavy atom. The Bertz CT molecular complexity index is 690. The van der Waals surface area contributed by atoms with Crippen LogP contribution in [-0.2, 0) is 12.8 Å². The fourth-order valence-electron chi connectivity index (χ4n) is 1.79. The van der Waals surface area contributed by atoms with Crippen molar-refractivity contribution in [1.29, 1.82) is 0 Å². The van der Waals surface area contributed by atoms with Crippen LogP contribution in [0.4, 0.5) is 13.2 Å². The van der Waals surface area contributed by atoms with Gasteiger partial charge < -0.3 is 4.74 Å². The molecule has 0 bridgehead atoms. The molecule has 1 aromatic heterocycles. The summed E-state index contributed by atoms with van der Waals surface area (Å²) in [5.41, 5.74) is -1.53. The minimum absolute atomic E-state index is 0.0733. The Labute approximate surface area is 133 Å². The smallest absolute Gasteiger partial charge is 0.416 e. The second-order valence-electron chi connectivity index (χ2n) is 4.12. The van der Waals surface area contributed by atoms with Gasteiger partial charge in [0.1, 0.15) is 6.61 Å². The van der Waals surface area contributed by atoms with Crippen molar-refractivity contribution in [1.82, 2.24) is 14.0 Å². The molecule has 10 heteroatoms. The van der Waals surface area contributed by atoms with Gasteiger partial charge in [-0.05, 0) is 24.9 Å². The summed E-state index contributed by atoms with van der Waals surface area (Å²) in [4.78, 5) is 13.4. The molecule has 0 atom stereocenters. The van der Waals surface area contributed by atoms with E-state index in [-0.39, 0.29) is 17.0 Å². The molecule has 0 aliphatic rings. The number of ether oxygens (including phenoxy) is 1. The first-order valence-electron chi connectivity index (χ1n) is 5.80. The number of thiol groups is 1. The highest BCUT2D eigenvalue weighted by Crippen LogP contribution is 2.34. The van der Waals surface area contributed by atoms with Crippen LogP contribution < -0.4 is 9.57 Å². The van der Waals surface area contributed by atoms with Gasteiger partial charge in [0.05, 0.1) is 5.56 Å². The first kappa shape index (κ1) is 16.5. The molecular weight excluding hydrogens is 343 g/mol. The van der Waals surface area contributed by atoms with Gasteiger partial charge in [-0.2, -0.15) is 13.2 Å². The molecule has 1 amide bonds. The second-order valence-corrected chi connectivity index (χ2v) is 4.71. The van der Waals surface area contributed by atoms with Crippen molar-refractivity contribution >= 4 is 30.5 Å². The second kappa shape index (κ2) is 6.49. The third-order valence-corrected chi connectivity index (χ3v) is 3.12. The number of amides is 1. The summed E-state index contributed by atoms with van der Waals surface area (Å²) in [5, 5.41) is 3.76. The minimum Gasteiger partial charge on any atom is -0.472 e. The van der Waals surface area contributed by atoms with Crippen molar-refractivity contribution in [2.75, 3.05) is 0 Å². The molecule has 0 radical (unpaired) electrons. The van der Waals surface area contributed by atoms with Gasteiger partial charge in [-0.25, -0.2) is 4.09 Å². The molecule has 0 unspecified atom stereocenters. The molecule has 22 heavy (non-hydrogen) atoms. The predicted molar refractivity (Wildman–Crippen MR) is 75.7 cm³/mol. The first-order valence-corrected chi connectivity index (χ1v) is 6.58. The number of rotatable bonds is 4. The molecule has 5 nitrogen and oxygen atoms in total. The minimum atomic E-state index is -4.63. The summed E-state index contributed by atoms with van der Waals surface area (Å²) in [7, 11) is 0. The molecular formula is C12H9ClF3N3O2S. The molecule has 0 spiro atoms. The van der Waals surface area contributed by atoms with Gasteiger partial charge >= 0.3 is 6.18 Å². The van der Waals surface area contributed by atoms with E-state index < -0.39 is 24.3 Å². The quantitative estimate of drug-likeness (QED) is 0.657. The van der Waals surface area contributed by atoms with Gasteiger partial charge in [0, 0.05) is 35.2 Å². The standard InChI is InChI=1S/C12H9ClF3N3O2S/c13-17-11(20)7-2-1-3-9(12(14,15)16)8(7)6-21-10-4-5-19(22)18-10/h1-5,22H,6H2,(H,17,20). The molecule has 1 aromatic carbocycles. The lowest BCUT2D eigenvalue weighted by Crippen LogP contribution is -2.20. The van der Waals surface area contributed by atoms with E-state index in [0.29, 0.717) is 0 Å². The highest BCUT2D eigenvalue weighted by Gasteiger charge is 2.35. The maximum atomic E-state index is 13.1. The topological polar surface area (TPSA) is 56.1 Å². The molecule has 0 fully saturated rings. The van der Waals surface area contributed by atoms with E-state index in [1.165, 1.54) is 18.3 Å². The number of alkyl halides is 3. The SMILES string of the molecule is O=C(NCl)c1cccc(C(F)(F)F)c1COc1ccn(S)n1. The van der Waals surface area contributed by atoms with E-state index in [1.54, 1.807) is 4.84 Å². The Morgan fingerprint density at radius 1 is 1.41 bits per heavy atom. The van der Waals surface area contributed by atoms with Crippen molar-refractivity contribution in [3.63, 3.8) is 0 Å². The fourth-order valence-corrected chi connectivity index (χ4v) is 2.05. The van der Waals surface area contributed by atoms with E-state index in [4.69, 9.17) is 16.5 Å². The number of nitrogens with zero attached hydrogens (tertiary/aromatic N) is 2. The molecule has 0 aliphatic carbocycles. The lowest BCUT2D eigenvalue weighted by Gasteiger charge is -2.15. The number of carbonyl (C=O) groups is 1. The molecule has 0 saturated heterocycles. The fraction of sp³-hybridized carbons (Fsp3) is 0.167. The van der Waals surface area contributed by atoms with Gasteiger partial charge in [-0.15, -0.1) is 5.10 Å². The van der Waals surface area contributed by atoms with Crippen LogP contribution in [0.3, 0.4) is 0 Å². The van der Waals surface area contributed by atoms with Crippen LogP contribution in [-0.4, -0.2) is 15.1 Å². The number of aromatic nitrogens is 2. The monoisotopic (exact) mass is 351 g/mol. The molecule has 2 rings (SSSR count). The zero-order valence-corrected chi connectivity index (χ0v) is 12.4. The number of carbonyl (C=O) groups excluding carboxylic acids is 1. The van der Waals surface area contributed by atoms with Crippen LogP contribution in [0.1, 0.15) is 21.5 Å². The van der Waals surface area contributed by atoms with Gasteiger partial charge in [0.25, 0.3) is 5.91 Å². The zero-order chi connectivity index (χ0) is 16.3. The van der Waals surface area contributed by atoms with Gasteiger partial charge in [0.15, 0.2) is 0 Å². The number of halogens is 4. The Morgan fingerprint density at radius 3 is 2.68 bits per heavy atom. The lowest BCUT2D eigenvalue weighted by molar-refractivity contribution is -0.138. The van der Waals surface area contributed by atoms with E-state index in [2.05, 4.69) is 17.9 Å². The van der Waals surface area contributed by atoms with Crippen LogP contribution >= 0.6 is 24.6 Å². The van der Waals surface area contributed by atoms with Crippen LogP contribution in [0.2, 0.25) is 0 Å². The van der Waals surface area contributed by atoms with Crippen LogP contribution in [0.5, 0.6) is 5.88 Å². The van der Waals surface area contributed by atoms with Gasteiger partial charge in [-0.1, -0.05) is 6.07 Å². The number of nitrogens with one attached hydrogen (secondary N) is 1. The molecule has 0 aliphatic heterocycles. The predicted octanol–water partition coefficient (Wildman–Crippen LogP) is 3.06. The highest BCUT2D eigenvalue weighted by molar-refractivity contribution is 7.78. The summed E-state index contributed by atoms with van der Waals surface area (Å²) in [6, 6.07) is 4.63. The Hall–Kier alpha value is -1.87. The van der Waals surface area contributed by atoms with Gasteiger partial charge in [-0.3, -0.25) is 9.63 Å². The summed E-state index contributed by atoms with van der Waals surface area (Å²) < 4.78 is 45.5. The van der Waals surface area contributed by atoms with E-state index in [1.807, 2.05) is 0 Å². The average molecular weight is 352 g/mol. The molecule has 0 saturated carbocycles. The summed E-state index contributed by atoms with van der Waals surface area (Å²) in [6.45, 7) is -0.500. The number of hydrogen-bond acceptors (Lipinski definition) is 4. The van der Waals surface area contributed by atoms with Crippen molar-refractivity contribution in [3.05, 3.63) is 47.2 Å². The maximum Gasteiger partial charge on any atom is 0.416 e. The summed E-state index contributed by atoms with van der Waals surface area (Å²) >= 11 is 9.08. The average Bonchev–Trinajstić information content (AvgIpc) is 2.88. The zero-order valence-electron chi connectivity index (χ0n) is 10.8. The van der Waals surface area contributed by atoms with Crippen molar-refractivity contribution in [2.45, 2.75) is 12.8 Å². The largest absolute Gasteiger partial charge is 0.472 e. The molecule has 118 valence electrons. The van der Waals surface area contributed by atoms with Crippen LogP contribution in [0.25, 0.3) is 0 Å². The van der Waals surface area contributed by atoms with Crippen LogP contribution in [0.15, 0.2) is 30.5 Å².